The first-order valence-corrected chi connectivity index (χ1v) is 12.3. The second kappa shape index (κ2) is 9.60. The van der Waals surface area contributed by atoms with E-state index in [1.165, 1.54) is 12.1 Å². The highest BCUT2D eigenvalue weighted by Gasteiger charge is 2.33. The molecule has 32 heavy (non-hydrogen) atoms. The van der Waals surface area contributed by atoms with E-state index in [0.717, 1.165) is 18.7 Å². The lowest BCUT2D eigenvalue weighted by Crippen LogP contribution is -2.58. The van der Waals surface area contributed by atoms with E-state index >= 15 is 0 Å². The van der Waals surface area contributed by atoms with Crippen molar-refractivity contribution in [1.82, 2.24) is 10.2 Å². The summed E-state index contributed by atoms with van der Waals surface area (Å²) in [4.78, 5) is 15.2. The molecule has 0 spiro atoms. The number of sulfonamides is 1. The smallest absolute Gasteiger partial charge is 0.261 e. The van der Waals surface area contributed by atoms with Crippen LogP contribution in [0.15, 0.2) is 53.4 Å². The van der Waals surface area contributed by atoms with Crippen LogP contribution in [0.25, 0.3) is 0 Å². The van der Waals surface area contributed by atoms with Crippen molar-refractivity contribution in [2.24, 2.45) is 0 Å². The number of carbonyl (C=O) groups excluding carboxylic acids is 1. The Bertz CT molecular complexity index is 1040. The predicted molar refractivity (Wildman–Crippen MR) is 126 cm³/mol. The molecule has 0 radical (unpaired) electrons. The predicted octanol–water partition coefficient (Wildman–Crippen LogP) is 3.41. The number of hydrogen-bond acceptors (Lipinski definition) is 5. The average molecular weight is 460 g/mol. The number of ether oxygens (including phenoxy) is 1. The van der Waals surface area contributed by atoms with Gasteiger partial charge in [0.15, 0.2) is 0 Å². The lowest BCUT2D eigenvalue weighted by Gasteiger charge is -2.45. The van der Waals surface area contributed by atoms with E-state index in [9.17, 15) is 13.2 Å². The minimum absolute atomic E-state index is 0.0424. The number of nitrogens with zero attached hydrogens (tertiary/aromatic N) is 1. The van der Waals surface area contributed by atoms with Gasteiger partial charge in [-0.1, -0.05) is 23.8 Å². The van der Waals surface area contributed by atoms with Gasteiger partial charge in [0.05, 0.1) is 17.1 Å². The molecule has 1 amide bonds. The van der Waals surface area contributed by atoms with Crippen LogP contribution < -0.4 is 10.0 Å². The summed E-state index contributed by atoms with van der Waals surface area (Å²) in [6, 6.07) is 13.2. The largest absolute Gasteiger partial charge is 0.373 e. The average Bonchev–Trinajstić information content (AvgIpc) is 2.73. The van der Waals surface area contributed by atoms with E-state index in [1.807, 2.05) is 32.9 Å². The molecule has 3 rings (SSSR count). The summed E-state index contributed by atoms with van der Waals surface area (Å²) in [5.74, 6) is -0.306. The number of nitrogens with one attached hydrogen (secondary N) is 2. The minimum Gasteiger partial charge on any atom is -0.373 e. The maximum absolute atomic E-state index is 12.8. The van der Waals surface area contributed by atoms with Crippen molar-refractivity contribution in [2.75, 3.05) is 24.4 Å². The maximum Gasteiger partial charge on any atom is 0.261 e. The van der Waals surface area contributed by atoms with Gasteiger partial charge in [-0.25, -0.2) is 8.42 Å². The number of aryl methyl sites for hydroxylation is 1. The molecule has 0 aliphatic carbocycles. The second-order valence-electron chi connectivity index (χ2n) is 9.16. The van der Waals surface area contributed by atoms with Gasteiger partial charge < -0.3 is 10.1 Å². The number of morpholine rings is 1. The van der Waals surface area contributed by atoms with Crippen LogP contribution in [0.5, 0.6) is 0 Å². The van der Waals surface area contributed by atoms with Gasteiger partial charge in [-0.15, -0.1) is 0 Å². The number of amides is 1. The van der Waals surface area contributed by atoms with Crippen molar-refractivity contribution in [2.45, 2.75) is 57.3 Å². The van der Waals surface area contributed by atoms with E-state index in [4.69, 9.17) is 4.74 Å². The van der Waals surface area contributed by atoms with E-state index in [2.05, 4.69) is 28.8 Å². The Morgan fingerprint density at radius 1 is 1.09 bits per heavy atom. The van der Waals surface area contributed by atoms with E-state index in [0.29, 0.717) is 17.8 Å². The van der Waals surface area contributed by atoms with Crippen molar-refractivity contribution in [3.63, 3.8) is 0 Å². The number of hydrogen-bond donors (Lipinski definition) is 2. The Labute approximate surface area is 191 Å². The Balaban J connectivity index is 1.67. The highest BCUT2D eigenvalue weighted by atomic mass is 32.2. The zero-order valence-electron chi connectivity index (χ0n) is 19.4. The van der Waals surface area contributed by atoms with Gasteiger partial charge >= 0.3 is 0 Å². The number of anilines is 1. The molecule has 2 N–H and O–H groups in total. The van der Waals surface area contributed by atoms with Gasteiger partial charge in [0, 0.05) is 36.4 Å². The van der Waals surface area contributed by atoms with Crippen molar-refractivity contribution >= 4 is 21.6 Å². The molecule has 8 heteroatoms. The molecule has 0 saturated carbocycles. The molecule has 174 valence electrons. The second-order valence-corrected chi connectivity index (χ2v) is 10.8. The zero-order chi connectivity index (χ0) is 23.5. The summed E-state index contributed by atoms with van der Waals surface area (Å²) < 4.78 is 33.9. The fourth-order valence-electron chi connectivity index (χ4n) is 3.82. The lowest BCUT2D eigenvalue weighted by molar-refractivity contribution is -0.0948. The standard InChI is InChI=1S/C24H33N3O4S/c1-17-9-11-21(12-10-17)26-32(29,30)22-8-6-7-20(13-22)23(28)25-16-24(4,5)27-14-18(2)31-19(3)15-27/h6-13,18-19,26H,14-16H2,1-5H3,(H,25,28)/t18-,19-/m1/s1. The quantitative estimate of drug-likeness (QED) is 0.663. The number of benzene rings is 2. The topological polar surface area (TPSA) is 87.7 Å². The molecule has 2 atom stereocenters. The molecule has 0 unspecified atom stereocenters. The first kappa shape index (κ1) is 24.2. The summed E-state index contributed by atoms with van der Waals surface area (Å²) >= 11 is 0. The van der Waals surface area contributed by atoms with Crippen molar-refractivity contribution in [1.29, 1.82) is 0 Å². The van der Waals surface area contributed by atoms with Gasteiger partial charge in [0.2, 0.25) is 0 Å². The molecular weight excluding hydrogens is 426 g/mol. The normalized spacial score (nSPS) is 20.0. The first-order valence-electron chi connectivity index (χ1n) is 10.8. The van der Waals surface area contributed by atoms with E-state index in [1.54, 1.807) is 24.3 Å². The highest BCUT2D eigenvalue weighted by Crippen LogP contribution is 2.21. The van der Waals surface area contributed by atoms with Gasteiger partial charge in [-0.05, 0) is 65.0 Å². The van der Waals surface area contributed by atoms with Crippen molar-refractivity contribution in [3.05, 3.63) is 59.7 Å². The maximum atomic E-state index is 12.8. The number of rotatable bonds is 7. The third-order valence-corrected chi connectivity index (χ3v) is 7.05. The summed E-state index contributed by atoms with van der Waals surface area (Å²) in [6.07, 6.45) is 0.272. The van der Waals surface area contributed by atoms with Crippen LogP contribution in [0, 0.1) is 6.92 Å². The van der Waals surface area contributed by atoms with Crippen LogP contribution in [0.2, 0.25) is 0 Å². The molecule has 1 heterocycles. The summed E-state index contributed by atoms with van der Waals surface area (Å²) in [5, 5.41) is 2.96. The Kier molecular flexibility index (Phi) is 7.27. The van der Waals surface area contributed by atoms with Crippen LogP contribution >= 0.6 is 0 Å². The summed E-state index contributed by atoms with van der Waals surface area (Å²) in [5.41, 5.74) is 1.55. The van der Waals surface area contributed by atoms with Crippen molar-refractivity contribution in [3.8, 4) is 0 Å². The molecule has 2 aromatic rings. The highest BCUT2D eigenvalue weighted by molar-refractivity contribution is 7.92. The molecule has 0 bridgehead atoms. The Morgan fingerprint density at radius 3 is 2.34 bits per heavy atom. The van der Waals surface area contributed by atoms with Crippen LogP contribution in [0.1, 0.15) is 43.6 Å². The molecule has 1 fully saturated rings. The fourth-order valence-corrected chi connectivity index (χ4v) is 4.93. The monoisotopic (exact) mass is 459 g/mol. The van der Waals surface area contributed by atoms with Crippen LogP contribution in [0.4, 0.5) is 5.69 Å². The molecule has 0 aromatic heterocycles. The van der Waals surface area contributed by atoms with E-state index in [-0.39, 0.29) is 28.5 Å². The Morgan fingerprint density at radius 2 is 1.72 bits per heavy atom. The molecular formula is C24H33N3O4S. The van der Waals surface area contributed by atoms with Gasteiger partial charge in [-0.2, -0.15) is 0 Å². The molecule has 1 aliphatic heterocycles. The first-order chi connectivity index (χ1) is 15.0. The van der Waals surface area contributed by atoms with E-state index < -0.39 is 10.0 Å². The van der Waals surface area contributed by atoms with Gasteiger partial charge in [0.25, 0.3) is 15.9 Å². The van der Waals surface area contributed by atoms with Crippen LogP contribution in [0.3, 0.4) is 0 Å². The van der Waals surface area contributed by atoms with Crippen LogP contribution in [-0.2, 0) is 14.8 Å². The molecule has 7 nitrogen and oxygen atoms in total. The zero-order valence-corrected chi connectivity index (χ0v) is 20.2. The van der Waals surface area contributed by atoms with Gasteiger partial charge in [0.1, 0.15) is 0 Å². The molecule has 2 aromatic carbocycles. The summed E-state index contributed by atoms with van der Waals surface area (Å²) in [6.45, 7) is 12.2. The van der Waals surface area contributed by atoms with Crippen molar-refractivity contribution < 1.29 is 17.9 Å². The third kappa shape index (κ3) is 6.09. The fraction of sp³-hybridized carbons (Fsp3) is 0.458. The van der Waals surface area contributed by atoms with Gasteiger partial charge in [-0.3, -0.25) is 14.4 Å². The molecule has 1 aliphatic rings. The minimum atomic E-state index is -3.81. The third-order valence-electron chi connectivity index (χ3n) is 5.67. The SMILES string of the molecule is Cc1ccc(NS(=O)(=O)c2cccc(C(=O)NCC(C)(C)N3C[C@@H](C)O[C@H](C)C3)c2)cc1. The Hall–Kier alpha value is -2.42. The number of carbonyl (C=O) groups is 1. The lowest BCUT2D eigenvalue weighted by atomic mass is 10.00. The molecule has 1 saturated heterocycles. The van der Waals surface area contributed by atoms with Crippen LogP contribution in [-0.4, -0.2) is 56.6 Å². The summed E-state index contributed by atoms with van der Waals surface area (Å²) in [7, 11) is -3.81.